The first-order chi connectivity index (χ1) is 15.5. The number of imidazole rings is 1. The van der Waals surface area contributed by atoms with Gasteiger partial charge in [-0.15, -0.1) is 0 Å². The van der Waals surface area contributed by atoms with Crippen molar-refractivity contribution < 1.29 is 28.8 Å². The van der Waals surface area contributed by atoms with Crippen molar-refractivity contribution in [1.82, 2.24) is 19.5 Å². The molecule has 2 aromatic carbocycles. The molecule has 1 aliphatic rings. The van der Waals surface area contributed by atoms with Crippen molar-refractivity contribution in [2.45, 2.75) is 25.3 Å². The zero-order chi connectivity index (χ0) is 22.1. The number of carbonyl (C=O) groups excluding carboxylic acids is 1. The normalized spacial score (nSPS) is 12.8. The summed E-state index contributed by atoms with van der Waals surface area (Å²) in [6.45, 7) is 0. The second-order valence-corrected chi connectivity index (χ2v) is 8.20. The van der Waals surface area contributed by atoms with Gasteiger partial charge in [-0.1, -0.05) is 35.9 Å². The second-order valence-electron chi connectivity index (χ2n) is 7.76. The summed E-state index contributed by atoms with van der Waals surface area (Å²) in [5.74, 6) is -0.0971. The summed E-state index contributed by atoms with van der Waals surface area (Å²) >= 11 is 6.01. The fourth-order valence-electron chi connectivity index (χ4n) is 4.03. The van der Waals surface area contributed by atoms with Gasteiger partial charge in [0.1, 0.15) is 5.82 Å². The number of carboxylic acids is 1. The maximum atomic E-state index is 11.1. The first-order valence-electron chi connectivity index (χ1n) is 10.2. The van der Waals surface area contributed by atoms with Crippen LogP contribution >= 0.6 is 11.6 Å². The number of aliphatic carboxylic acids is 1. The molecule has 0 atom stereocenters. The zero-order valence-electron chi connectivity index (χ0n) is 18.0. The molecular formula is C24H19ClLiN5O2. The van der Waals surface area contributed by atoms with E-state index in [9.17, 15) is 9.90 Å². The number of carboxylic acid groups (broad SMARTS) is 1. The smallest absolute Gasteiger partial charge is 0.550 e. The predicted molar refractivity (Wildman–Crippen MR) is 120 cm³/mol. The number of anilines is 1. The molecule has 0 spiro atoms. The molecule has 7 nitrogen and oxygen atoms in total. The Bertz CT molecular complexity index is 1250. The molecule has 0 bridgehead atoms. The molecule has 2 heterocycles. The molecule has 4 aromatic rings. The molecule has 0 saturated carbocycles. The molecule has 160 valence electrons. The number of nitrogens with one attached hydrogen (secondary N) is 1. The van der Waals surface area contributed by atoms with Crippen LogP contribution in [0.3, 0.4) is 0 Å². The van der Waals surface area contributed by atoms with Gasteiger partial charge in [0.2, 0.25) is 5.95 Å². The van der Waals surface area contributed by atoms with Crippen LogP contribution < -0.4 is 29.3 Å². The molecule has 0 amide bonds. The summed E-state index contributed by atoms with van der Waals surface area (Å²) < 4.78 is 1.80. The van der Waals surface area contributed by atoms with Crippen LogP contribution in [0, 0.1) is 0 Å². The van der Waals surface area contributed by atoms with Crippen molar-refractivity contribution in [3.63, 3.8) is 0 Å². The minimum absolute atomic E-state index is 0. The Balaban J connectivity index is 0.00000259. The monoisotopic (exact) mass is 451 g/mol. The van der Waals surface area contributed by atoms with Gasteiger partial charge in [0, 0.05) is 47.7 Å². The quantitative estimate of drug-likeness (QED) is 0.410. The molecule has 0 radical (unpaired) electrons. The topological polar surface area (TPSA) is 95.8 Å². The number of aromatic nitrogens is 4. The summed E-state index contributed by atoms with van der Waals surface area (Å²) in [7, 11) is 0. The van der Waals surface area contributed by atoms with E-state index in [1.54, 1.807) is 35.3 Å². The average Bonchev–Trinajstić information content (AvgIpc) is 3.38. The molecule has 0 fully saturated rings. The predicted octanol–water partition coefficient (Wildman–Crippen LogP) is -0.142. The number of benzene rings is 2. The molecule has 0 unspecified atom stereocenters. The van der Waals surface area contributed by atoms with Crippen molar-refractivity contribution in [2.75, 3.05) is 5.32 Å². The van der Waals surface area contributed by atoms with Crippen molar-refractivity contribution in [1.29, 1.82) is 0 Å². The number of halogens is 1. The third-order valence-corrected chi connectivity index (χ3v) is 5.73. The standard InChI is InChI=1S/C24H20ClN5O2.Li/c25-18-5-7-21(8-6-18)30-14-20(11-22(31)32)28-23(30)17-12-26-24(27-13-17)29-19-9-15-3-1-2-4-16(15)10-19;/h1-8,12-14,19H,9-11H2,(H,31,32)(H,26,27,29);/q;+1/p-1. The Morgan fingerprint density at radius 1 is 1.06 bits per heavy atom. The van der Waals surface area contributed by atoms with Crippen LogP contribution in [-0.4, -0.2) is 31.5 Å². The molecule has 2 aromatic heterocycles. The minimum atomic E-state index is -1.19. The Hall–Kier alpha value is -3.11. The molecule has 5 rings (SSSR count). The van der Waals surface area contributed by atoms with E-state index >= 15 is 0 Å². The molecule has 1 aliphatic carbocycles. The van der Waals surface area contributed by atoms with Crippen LogP contribution in [0.2, 0.25) is 5.02 Å². The van der Waals surface area contributed by atoms with Gasteiger partial charge in [-0.05, 0) is 48.2 Å². The Morgan fingerprint density at radius 2 is 1.70 bits per heavy atom. The van der Waals surface area contributed by atoms with E-state index in [-0.39, 0.29) is 31.3 Å². The van der Waals surface area contributed by atoms with E-state index < -0.39 is 5.97 Å². The van der Waals surface area contributed by atoms with Gasteiger partial charge in [-0.2, -0.15) is 0 Å². The van der Waals surface area contributed by atoms with Crippen molar-refractivity contribution >= 4 is 23.5 Å². The summed E-state index contributed by atoms with van der Waals surface area (Å²) in [5.41, 5.74) is 4.57. The van der Waals surface area contributed by atoms with E-state index in [2.05, 4.69) is 44.5 Å². The number of carbonyl (C=O) groups is 1. The third kappa shape index (κ3) is 5.12. The molecule has 0 saturated heterocycles. The van der Waals surface area contributed by atoms with Crippen LogP contribution in [0.1, 0.15) is 16.8 Å². The van der Waals surface area contributed by atoms with E-state index in [4.69, 9.17) is 11.6 Å². The van der Waals surface area contributed by atoms with Crippen molar-refractivity contribution in [3.8, 4) is 17.1 Å². The molecule has 9 heteroatoms. The van der Waals surface area contributed by atoms with Crippen molar-refractivity contribution in [3.05, 3.63) is 89.0 Å². The number of hydrogen-bond donors (Lipinski definition) is 1. The number of nitrogens with zero attached hydrogens (tertiary/aromatic N) is 4. The zero-order valence-corrected chi connectivity index (χ0v) is 18.8. The van der Waals surface area contributed by atoms with Crippen molar-refractivity contribution in [2.24, 2.45) is 0 Å². The van der Waals surface area contributed by atoms with E-state index in [1.807, 2.05) is 12.1 Å². The Morgan fingerprint density at radius 3 is 2.30 bits per heavy atom. The largest absolute Gasteiger partial charge is 1.00 e. The summed E-state index contributed by atoms with van der Waals surface area (Å²) in [4.78, 5) is 24.5. The summed E-state index contributed by atoms with van der Waals surface area (Å²) in [5, 5.41) is 15.1. The van der Waals surface area contributed by atoms with Gasteiger partial charge in [0.05, 0.1) is 11.3 Å². The maximum absolute atomic E-state index is 11.1. The van der Waals surface area contributed by atoms with Gasteiger partial charge in [-0.3, -0.25) is 4.57 Å². The number of fused-ring (bicyclic) bond motifs is 1. The molecule has 1 N–H and O–H groups in total. The first kappa shape index (κ1) is 23.1. The summed E-state index contributed by atoms with van der Waals surface area (Å²) in [6, 6.07) is 15.9. The van der Waals surface area contributed by atoms with E-state index in [0.717, 1.165) is 18.5 Å². The molecule has 33 heavy (non-hydrogen) atoms. The fraction of sp³-hybridized carbons (Fsp3) is 0.167. The Labute approximate surface area is 208 Å². The number of rotatable bonds is 6. The number of hydrogen-bond acceptors (Lipinski definition) is 6. The third-order valence-electron chi connectivity index (χ3n) is 5.48. The maximum Gasteiger partial charge on any atom is 1.00 e. The Kier molecular flexibility index (Phi) is 6.85. The van der Waals surface area contributed by atoms with Gasteiger partial charge in [0.25, 0.3) is 0 Å². The van der Waals surface area contributed by atoms with Crippen LogP contribution in [0.15, 0.2) is 67.1 Å². The minimum Gasteiger partial charge on any atom is -0.550 e. The van der Waals surface area contributed by atoms with Gasteiger partial charge < -0.3 is 15.2 Å². The first-order valence-corrected chi connectivity index (χ1v) is 10.6. The van der Waals surface area contributed by atoms with Crippen LogP contribution in [0.4, 0.5) is 5.95 Å². The van der Waals surface area contributed by atoms with Gasteiger partial charge in [-0.25, -0.2) is 15.0 Å². The van der Waals surface area contributed by atoms with E-state index in [1.165, 1.54) is 11.1 Å². The molecular weight excluding hydrogens is 433 g/mol. The van der Waals surface area contributed by atoms with Crippen LogP contribution in [-0.2, 0) is 24.1 Å². The van der Waals surface area contributed by atoms with Crippen LogP contribution in [0.25, 0.3) is 17.1 Å². The summed E-state index contributed by atoms with van der Waals surface area (Å²) in [6.07, 6.45) is 6.65. The van der Waals surface area contributed by atoms with Gasteiger partial charge in [0.15, 0.2) is 0 Å². The van der Waals surface area contributed by atoms with Gasteiger partial charge >= 0.3 is 18.9 Å². The second kappa shape index (κ2) is 9.80. The SMILES string of the molecule is O=C([O-])Cc1cn(-c2ccc(Cl)cc2)c(-c2cnc(NC3Cc4ccccc4C3)nc2)n1.[Li+]. The fourth-order valence-corrected chi connectivity index (χ4v) is 4.15. The van der Waals surface area contributed by atoms with Crippen LogP contribution in [0.5, 0.6) is 0 Å². The average molecular weight is 452 g/mol. The molecule has 0 aliphatic heterocycles. The van der Waals surface area contributed by atoms with E-state index in [0.29, 0.717) is 28.1 Å².